The van der Waals surface area contributed by atoms with Gasteiger partial charge < -0.3 is 9.79 Å². The van der Waals surface area contributed by atoms with Gasteiger partial charge in [0.1, 0.15) is 0 Å². The molecule has 0 radical (unpaired) electrons. The minimum atomic E-state index is -4.62. The van der Waals surface area contributed by atoms with Gasteiger partial charge in [0, 0.05) is 24.8 Å². The van der Waals surface area contributed by atoms with Gasteiger partial charge in [-0.2, -0.15) is 0 Å². The number of amides is 2. The molecule has 7 nitrogen and oxygen atoms in total. The zero-order chi connectivity index (χ0) is 17.9. The molecule has 0 saturated carbocycles. The molecule has 0 bridgehead atoms. The van der Waals surface area contributed by atoms with Crippen molar-refractivity contribution >= 4 is 19.5 Å². The Morgan fingerprint density at radius 2 is 1.88 bits per heavy atom. The van der Waals surface area contributed by atoms with E-state index in [1.807, 2.05) is 24.3 Å². The average Bonchev–Trinajstić information content (AvgIpc) is 2.94. The van der Waals surface area contributed by atoms with Crippen molar-refractivity contribution in [2.75, 3.05) is 31.6 Å². The van der Waals surface area contributed by atoms with Crippen molar-refractivity contribution in [3.05, 3.63) is 29.8 Å². The lowest BCUT2D eigenvalue weighted by molar-refractivity contribution is 0.216. The Morgan fingerprint density at radius 3 is 2.29 bits per heavy atom. The van der Waals surface area contributed by atoms with Crippen molar-refractivity contribution < 1.29 is 19.1 Å². The Bertz CT molecular complexity index is 616. The maximum Gasteiger partial charge on any atom is 0.433 e. The fourth-order valence-electron chi connectivity index (χ4n) is 3.21. The van der Waals surface area contributed by atoms with Crippen molar-refractivity contribution in [2.45, 2.75) is 32.7 Å². The zero-order valence-corrected chi connectivity index (χ0v) is 15.3. The number of hydrogen-bond acceptors (Lipinski definition) is 3. The fourth-order valence-corrected chi connectivity index (χ4v) is 3.91. The summed E-state index contributed by atoms with van der Waals surface area (Å²) in [5.41, 5.74) is 1.84. The fraction of sp³-hybridized carbons (Fsp3) is 0.562. The van der Waals surface area contributed by atoms with Crippen LogP contribution >= 0.6 is 7.75 Å². The highest BCUT2D eigenvalue weighted by Gasteiger charge is 2.32. The van der Waals surface area contributed by atoms with Crippen LogP contribution in [0.5, 0.6) is 0 Å². The van der Waals surface area contributed by atoms with E-state index in [0.717, 1.165) is 13.0 Å². The van der Waals surface area contributed by atoms with Crippen molar-refractivity contribution in [1.82, 2.24) is 9.57 Å². The molecule has 134 valence electrons. The van der Waals surface area contributed by atoms with Crippen LogP contribution in [-0.4, -0.2) is 52.1 Å². The molecule has 24 heavy (non-hydrogen) atoms. The molecule has 0 aliphatic carbocycles. The van der Waals surface area contributed by atoms with E-state index in [0.29, 0.717) is 22.9 Å². The minimum absolute atomic E-state index is 0.0510. The Labute approximate surface area is 143 Å². The van der Waals surface area contributed by atoms with Crippen LogP contribution in [0.3, 0.4) is 0 Å². The molecule has 1 aromatic rings. The molecule has 1 aliphatic rings. The predicted molar refractivity (Wildman–Crippen MR) is 93.9 cm³/mol. The van der Waals surface area contributed by atoms with E-state index < -0.39 is 13.8 Å². The first-order chi connectivity index (χ1) is 11.3. The van der Waals surface area contributed by atoms with Crippen LogP contribution in [0.15, 0.2) is 24.3 Å². The third kappa shape index (κ3) is 3.98. The van der Waals surface area contributed by atoms with Crippen LogP contribution in [0.4, 0.5) is 10.5 Å². The Hall–Kier alpha value is -1.40. The van der Waals surface area contributed by atoms with Gasteiger partial charge in [0.05, 0.1) is 0 Å². The quantitative estimate of drug-likeness (QED) is 0.794. The largest absolute Gasteiger partial charge is 0.433 e. The summed E-state index contributed by atoms with van der Waals surface area (Å²) >= 11 is 0. The molecule has 2 amide bonds. The van der Waals surface area contributed by atoms with Crippen molar-refractivity contribution in [3.8, 4) is 0 Å². The number of carbonyl (C=O) groups is 1. The SMILES string of the molecule is CCN(C(=O)N(CC)P(=O)(O)O)c1ccc(C2CCCN2C)cc1. The van der Waals surface area contributed by atoms with Crippen LogP contribution in [-0.2, 0) is 4.57 Å². The Kier molecular flexibility index (Phi) is 6.04. The molecular formula is C16H26N3O4P. The molecule has 1 fully saturated rings. The van der Waals surface area contributed by atoms with Gasteiger partial charge in [-0.1, -0.05) is 12.1 Å². The highest BCUT2D eigenvalue weighted by atomic mass is 31.2. The molecule has 8 heteroatoms. The Morgan fingerprint density at radius 1 is 1.25 bits per heavy atom. The topological polar surface area (TPSA) is 84.3 Å². The molecule has 1 aliphatic heterocycles. The number of nitrogens with zero attached hydrogens (tertiary/aromatic N) is 3. The molecule has 0 spiro atoms. The molecule has 1 aromatic carbocycles. The van der Waals surface area contributed by atoms with Gasteiger partial charge in [-0.05, 0) is 58.0 Å². The normalized spacial score (nSPS) is 18.6. The van der Waals surface area contributed by atoms with Crippen molar-refractivity contribution in [2.24, 2.45) is 0 Å². The number of anilines is 1. The zero-order valence-electron chi connectivity index (χ0n) is 14.4. The molecule has 1 atom stereocenters. The first-order valence-electron chi connectivity index (χ1n) is 8.24. The Balaban J connectivity index is 2.21. The van der Waals surface area contributed by atoms with Gasteiger partial charge in [0.25, 0.3) is 0 Å². The van der Waals surface area contributed by atoms with Gasteiger partial charge in [-0.15, -0.1) is 0 Å². The van der Waals surface area contributed by atoms with E-state index in [-0.39, 0.29) is 6.54 Å². The van der Waals surface area contributed by atoms with Gasteiger partial charge in [-0.25, -0.2) is 14.0 Å². The summed E-state index contributed by atoms with van der Waals surface area (Å²) in [6.45, 7) is 4.69. The lowest BCUT2D eigenvalue weighted by atomic mass is 10.0. The molecule has 2 N–H and O–H groups in total. The highest BCUT2D eigenvalue weighted by molar-refractivity contribution is 7.50. The number of likely N-dealkylation sites (tertiary alicyclic amines) is 1. The monoisotopic (exact) mass is 355 g/mol. The van der Waals surface area contributed by atoms with Gasteiger partial charge in [0.2, 0.25) is 0 Å². The first-order valence-corrected chi connectivity index (χ1v) is 9.81. The third-order valence-corrected chi connectivity index (χ3v) is 5.57. The predicted octanol–water partition coefficient (Wildman–Crippen LogP) is 2.81. The van der Waals surface area contributed by atoms with Crippen LogP contribution < -0.4 is 4.90 Å². The molecule has 1 unspecified atom stereocenters. The van der Waals surface area contributed by atoms with Gasteiger partial charge >= 0.3 is 13.8 Å². The van der Waals surface area contributed by atoms with Gasteiger partial charge in [-0.3, -0.25) is 9.80 Å². The molecular weight excluding hydrogens is 329 g/mol. The number of urea groups is 1. The summed E-state index contributed by atoms with van der Waals surface area (Å²) in [5.74, 6) is 0. The lowest BCUT2D eigenvalue weighted by Gasteiger charge is -2.29. The van der Waals surface area contributed by atoms with E-state index in [2.05, 4.69) is 11.9 Å². The van der Waals surface area contributed by atoms with Crippen LogP contribution in [0.2, 0.25) is 0 Å². The van der Waals surface area contributed by atoms with Crippen molar-refractivity contribution in [3.63, 3.8) is 0 Å². The van der Waals surface area contributed by atoms with Crippen LogP contribution in [0.1, 0.15) is 38.3 Å². The highest BCUT2D eigenvalue weighted by Crippen LogP contribution is 2.41. The van der Waals surface area contributed by atoms with E-state index in [9.17, 15) is 19.1 Å². The van der Waals surface area contributed by atoms with E-state index in [1.54, 1.807) is 13.8 Å². The van der Waals surface area contributed by atoms with Crippen LogP contribution in [0, 0.1) is 0 Å². The van der Waals surface area contributed by atoms with E-state index >= 15 is 0 Å². The average molecular weight is 355 g/mol. The summed E-state index contributed by atoms with van der Waals surface area (Å²) in [5, 5.41) is 0. The summed E-state index contributed by atoms with van der Waals surface area (Å²) in [6, 6.07) is 7.38. The second-order valence-electron chi connectivity index (χ2n) is 5.99. The second kappa shape index (κ2) is 7.66. The second-order valence-corrected chi connectivity index (χ2v) is 7.50. The number of carbonyl (C=O) groups excluding carboxylic acids is 1. The standard InChI is InChI=1S/C16H26N3O4P/c1-4-18(16(20)19(5-2)24(21,22)23)14-10-8-13(9-11-14)15-7-6-12-17(15)3/h8-11,15H,4-7,12H2,1-3H3,(H2,21,22,23). The smallest absolute Gasteiger partial charge is 0.308 e. The maximum atomic E-state index is 12.5. The molecule has 2 rings (SSSR count). The molecule has 1 heterocycles. The van der Waals surface area contributed by atoms with Crippen LogP contribution in [0.25, 0.3) is 0 Å². The first kappa shape index (κ1) is 18.9. The number of rotatable bonds is 5. The van der Waals surface area contributed by atoms with E-state index in [4.69, 9.17) is 0 Å². The molecule has 0 aromatic heterocycles. The number of hydrogen-bond donors (Lipinski definition) is 2. The van der Waals surface area contributed by atoms with E-state index in [1.165, 1.54) is 16.9 Å². The number of benzene rings is 1. The summed E-state index contributed by atoms with van der Waals surface area (Å²) < 4.78 is 12.1. The summed E-state index contributed by atoms with van der Waals surface area (Å²) in [7, 11) is -2.52. The summed E-state index contributed by atoms with van der Waals surface area (Å²) in [4.78, 5) is 34.9. The minimum Gasteiger partial charge on any atom is -0.308 e. The molecule has 1 saturated heterocycles. The third-order valence-electron chi connectivity index (χ3n) is 4.49. The maximum absolute atomic E-state index is 12.5. The summed E-state index contributed by atoms with van der Waals surface area (Å²) in [6.07, 6.45) is 2.30. The lowest BCUT2D eigenvalue weighted by Crippen LogP contribution is -2.41. The van der Waals surface area contributed by atoms with Crippen molar-refractivity contribution in [1.29, 1.82) is 0 Å². The van der Waals surface area contributed by atoms with Gasteiger partial charge in [0.15, 0.2) is 0 Å².